The first-order chi connectivity index (χ1) is 15.0. The minimum Gasteiger partial charge on any atom is -0.351 e. The van der Waals surface area contributed by atoms with Crippen LogP contribution in [0.5, 0.6) is 0 Å². The van der Waals surface area contributed by atoms with Crippen molar-refractivity contribution in [3.63, 3.8) is 0 Å². The number of carbonyl (C=O) groups is 2. The number of imide groups is 1. The number of anilines is 2. The van der Waals surface area contributed by atoms with E-state index in [2.05, 4.69) is 40.0 Å². The summed E-state index contributed by atoms with van der Waals surface area (Å²) in [5.41, 5.74) is 1.73. The Hall–Kier alpha value is -3.01. The standard InChI is InChI=1S/C21H28N8O2/c1-28(2)16-7-5-14(6-8-16)23-20-26-18-13(9-12-10-17(30)25-19(12)31)11-22-29(18)21(27-20)24-15-3-4-15/h9,11,14-16H,3-8,10H2,1-2H3,(H,25,30,31)(H2,23,24,26,27). The van der Waals surface area contributed by atoms with Crippen molar-refractivity contribution < 1.29 is 9.59 Å². The SMILES string of the molecule is CN(C)C1CCC(Nc2nc(NC3CC3)n3ncc(C=C4CC(=O)NC4=O)c3n2)CC1. The number of amides is 2. The molecule has 31 heavy (non-hydrogen) atoms. The van der Waals surface area contributed by atoms with Crippen molar-refractivity contribution in [2.75, 3.05) is 24.7 Å². The lowest BCUT2D eigenvalue weighted by Gasteiger charge is -2.33. The minimum atomic E-state index is -0.356. The molecule has 0 unspecified atom stereocenters. The number of rotatable bonds is 6. The highest BCUT2D eigenvalue weighted by atomic mass is 16.2. The van der Waals surface area contributed by atoms with Gasteiger partial charge in [-0.2, -0.15) is 19.6 Å². The number of aromatic nitrogens is 4. The van der Waals surface area contributed by atoms with Crippen molar-refractivity contribution in [2.45, 2.75) is 63.1 Å². The molecule has 0 bridgehead atoms. The smallest absolute Gasteiger partial charge is 0.254 e. The van der Waals surface area contributed by atoms with Gasteiger partial charge < -0.3 is 15.5 Å². The monoisotopic (exact) mass is 424 g/mol. The predicted molar refractivity (Wildman–Crippen MR) is 117 cm³/mol. The number of fused-ring (bicyclic) bond motifs is 1. The molecule has 0 radical (unpaired) electrons. The molecule has 3 aliphatic rings. The van der Waals surface area contributed by atoms with Crippen molar-refractivity contribution in [3.05, 3.63) is 17.3 Å². The van der Waals surface area contributed by atoms with Crippen LogP contribution in [0.4, 0.5) is 11.9 Å². The molecule has 2 aliphatic carbocycles. The van der Waals surface area contributed by atoms with Crippen LogP contribution in [0.3, 0.4) is 0 Å². The Morgan fingerprint density at radius 3 is 2.42 bits per heavy atom. The zero-order valence-corrected chi connectivity index (χ0v) is 17.9. The fraction of sp³-hybridized carbons (Fsp3) is 0.571. The van der Waals surface area contributed by atoms with Crippen LogP contribution in [0.15, 0.2) is 11.8 Å². The Labute approximate surface area is 180 Å². The third-order valence-corrected chi connectivity index (χ3v) is 6.29. The summed E-state index contributed by atoms with van der Waals surface area (Å²) in [4.78, 5) is 35.2. The van der Waals surface area contributed by atoms with E-state index in [9.17, 15) is 9.59 Å². The van der Waals surface area contributed by atoms with E-state index in [-0.39, 0.29) is 18.2 Å². The molecule has 1 saturated heterocycles. The largest absolute Gasteiger partial charge is 0.351 e. The molecule has 164 valence electrons. The summed E-state index contributed by atoms with van der Waals surface area (Å²) in [6, 6.07) is 1.36. The van der Waals surface area contributed by atoms with E-state index in [1.807, 2.05) is 0 Å². The van der Waals surface area contributed by atoms with Crippen LogP contribution in [0.25, 0.3) is 11.7 Å². The Balaban J connectivity index is 1.44. The lowest BCUT2D eigenvalue weighted by molar-refractivity contribution is -0.124. The van der Waals surface area contributed by atoms with Gasteiger partial charge in [-0.05, 0) is 58.7 Å². The second-order valence-electron chi connectivity index (χ2n) is 8.96. The molecule has 3 heterocycles. The van der Waals surface area contributed by atoms with Crippen molar-refractivity contribution in [1.29, 1.82) is 0 Å². The van der Waals surface area contributed by atoms with E-state index in [1.165, 1.54) is 0 Å². The first-order valence-corrected chi connectivity index (χ1v) is 11.0. The summed E-state index contributed by atoms with van der Waals surface area (Å²) in [5, 5.41) is 13.7. The lowest BCUT2D eigenvalue weighted by atomic mass is 9.91. The highest BCUT2D eigenvalue weighted by Gasteiger charge is 2.27. The van der Waals surface area contributed by atoms with Gasteiger partial charge in [0.15, 0.2) is 5.65 Å². The zero-order chi connectivity index (χ0) is 21.5. The summed E-state index contributed by atoms with van der Waals surface area (Å²) in [6.07, 6.45) is 10.1. The Morgan fingerprint density at radius 1 is 1.06 bits per heavy atom. The van der Waals surface area contributed by atoms with E-state index in [1.54, 1.807) is 16.8 Å². The molecule has 2 aromatic rings. The first-order valence-electron chi connectivity index (χ1n) is 11.0. The topological polar surface area (TPSA) is 117 Å². The summed E-state index contributed by atoms with van der Waals surface area (Å²) >= 11 is 0. The average Bonchev–Trinajstić information content (AvgIpc) is 3.37. The van der Waals surface area contributed by atoms with Crippen molar-refractivity contribution in [2.24, 2.45) is 0 Å². The van der Waals surface area contributed by atoms with Gasteiger partial charge in [-0.25, -0.2) is 0 Å². The number of nitrogens with one attached hydrogen (secondary N) is 3. The Morgan fingerprint density at radius 2 is 1.77 bits per heavy atom. The van der Waals surface area contributed by atoms with Gasteiger partial charge in [-0.15, -0.1) is 0 Å². The maximum Gasteiger partial charge on any atom is 0.254 e. The van der Waals surface area contributed by atoms with Gasteiger partial charge in [0.05, 0.1) is 12.6 Å². The highest BCUT2D eigenvalue weighted by Crippen LogP contribution is 2.28. The van der Waals surface area contributed by atoms with Gasteiger partial charge in [0.2, 0.25) is 17.8 Å². The van der Waals surface area contributed by atoms with Gasteiger partial charge in [0.1, 0.15) is 0 Å². The van der Waals surface area contributed by atoms with Crippen molar-refractivity contribution in [3.8, 4) is 0 Å². The Bertz CT molecular complexity index is 1050. The zero-order valence-electron chi connectivity index (χ0n) is 17.9. The van der Waals surface area contributed by atoms with Crippen LogP contribution in [0, 0.1) is 0 Å². The van der Waals surface area contributed by atoms with E-state index in [0.29, 0.717) is 46.8 Å². The van der Waals surface area contributed by atoms with Gasteiger partial charge in [-0.1, -0.05) is 0 Å². The van der Waals surface area contributed by atoms with E-state index < -0.39 is 0 Å². The predicted octanol–water partition coefficient (Wildman–Crippen LogP) is 1.41. The van der Waals surface area contributed by atoms with Crippen LogP contribution in [0.2, 0.25) is 0 Å². The van der Waals surface area contributed by atoms with Crippen LogP contribution < -0.4 is 16.0 Å². The maximum atomic E-state index is 12.0. The first kappa shape index (κ1) is 19.9. The highest BCUT2D eigenvalue weighted by molar-refractivity contribution is 6.15. The van der Waals surface area contributed by atoms with Crippen LogP contribution >= 0.6 is 0 Å². The van der Waals surface area contributed by atoms with Crippen molar-refractivity contribution >= 4 is 35.4 Å². The molecule has 10 heteroatoms. The minimum absolute atomic E-state index is 0.0780. The second kappa shape index (κ2) is 7.92. The molecule has 2 aromatic heterocycles. The molecule has 3 N–H and O–H groups in total. The number of hydrogen-bond donors (Lipinski definition) is 3. The van der Waals surface area contributed by atoms with Gasteiger partial charge in [-0.3, -0.25) is 14.9 Å². The summed E-state index contributed by atoms with van der Waals surface area (Å²) < 4.78 is 1.67. The fourth-order valence-electron chi connectivity index (χ4n) is 4.29. The summed E-state index contributed by atoms with van der Waals surface area (Å²) in [7, 11) is 4.28. The van der Waals surface area contributed by atoms with Gasteiger partial charge in [0.25, 0.3) is 5.91 Å². The summed E-state index contributed by atoms with van der Waals surface area (Å²) in [6.45, 7) is 0. The third-order valence-electron chi connectivity index (χ3n) is 6.29. The van der Waals surface area contributed by atoms with Crippen molar-refractivity contribution in [1.82, 2.24) is 29.8 Å². The maximum absolute atomic E-state index is 12.0. The fourth-order valence-corrected chi connectivity index (χ4v) is 4.29. The molecule has 0 spiro atoms. The van der Waals surface area contributed by atoms with Gasteiger partial charge in [0, 0.05) is 29.3 Å². The summed E-state index contributed by atoms with van der Waals surface area (Å²) in [5.74, 6) is 0.574. The van der Waals surface area contributed by atoms with Crippen LogP contribution in [-0.4, -0.2) is 68.5 Å². The van der Waals surface area contributed by atoms with E-state index >= 15 is 0 Å². The molecular formula is C21H28N8O2. The molecule has 2 amide bonds. The molecule has 0 atom stereocenters. The quantitative estimate of drug-likeness (QED) is 0.471. The molecule has 2 saturated carbocycles. The third kappa shape index (κ3) is 4.25. The Kier molecular flexibility index (Phi) is 5.09. The number of carbonyl (C=O) groups excluding carboxylic acids is 2. The lowest BCUT2D eigenvalue weighted by Crippen LogP contribution is -2.36. The number of hydrogen-bond acceptors (Lipinski definition) is 8. The van der Waals surface area contributed by atoms with Crippen LogP contribution in [-0.2, 0) is 9.59 Å². The molecule has 5 rings (SSSR count). The van der Waals surface area contributed by atoms with Gasteiger partial charge >= 0.3 is 0 Å². The van der Waals surface area contributed by atoms with Crippen LogP contribution in [0.1, 0.15) is 50.5 Å². The van der Waals surface area contributed by atoms with E-state index in [0.717, 1.165) is 38.5 Å². The molecule has 1 aliphatic heterocycles. The normalized spacial score (nSPS) is 25.5. The molecule has 3 fully saturated rings. The average molecular weight is 425 g/mol. The second-order valence-corrected chi connectivity index (χ2v) is 8.96. The van der Waals surface area contributed by atoms with E-state index in [4.69, 9.17) is 9.97 Å². The number of nitrogens with zero attached hydrogens (tertiary/aromatic N) is 5. The molecule has 0 aromatic carbocycles. The molecule has 10 nitrogen and oxygen atoms in total. The molecular weight excluding hydrogens is 396 g/mol.